The molecule has 1 heterocycles. The lowest BCUT2D eigenvalue weighted by Crippen LogP contribution is -2.24. The Morgan fingerprint density at radius 3 is 2.30 bits per heavy atom. The van der Waals surface area contributed by atoms with Gasteiger partial charge in [-0.1, -0.05) is 45.4 Å². The molecule has 0 bridgehead atoms. The topological polar surface area (TPSA) is 86.7 Å². The fourth-order valence-electron chi connectivity index (χ4n) is 3.09. The van der Waals surface area contributed by atoms with Crippen molar-refractivity contribution in [3.8, 4) is 0 Å². The van der Waals surface area contributed by atoms with E-state index in [0.29, 0.717) is 24.1 Å². The summed E-state index contributed by atoms with van der Waals surface area (Å²) in [6.07, 6.45) is 9.22. The molecule has 1 fully saturated rings. The van der Waals surface area contributed by atoms with Crippen molar-refractivity contribution >= 4 is 29.0 Å². The summed E-state index contributed by atoms with van der Waals surface area (Å²) in [5, 5.41) is 11.8. The zero-order chi connectivity index (χ0) is 19.6. The minimum atomic E-state index is -0.516. The Labute approximate surface area is 160 Å². The number of rotatable bonds is 10. The first-order chi connectivity index (χ1) is 13.1. The van der Waals surface area contributed by atoms with E-state index < -0.39 is 11.7 Å². The van der Waals surface area contributed by atoms with Crippen molar-refractivity contribution in [2.24, 2.45) is 0 Å². The van der Waals surface area contributed by atoms with Crippen LogP contribution in [0.1, 0.15) is 58.3 Å². The van der Waals surface area contributed by atoms with Crippen LogP contribution >= 0.6 is 0 Å². The Hall–Kier alpha value is -2.63. The second-order valence-corrected chi connectivity index (χ2v) is 6.82. The Bertz CT molecular complexity index is 695. The summed E-state index contributed by atoms with van der Waals surface area (Å²) in [6.45, 7) is 2.11. The van der Waals surface area contributed by atoms with Crippen LogP contribution in [0.15, 0.2) is 36.1 Å². The molecule has 0 saturated carbocycles. The summed E-state index contributed by atoms with van der Waals surface area (Å²) in [5.74, 6) is -0.943. The third-order valence-electron chi connectivity index (χ3n) is 4.68. The number of carbonyl (C=O) groups is 3. The number of aliphatic hydroxyl groups is 1. The molecule has 6 nitrogen and oxygen atoms in total. The third-order valence-corrected chi connectivity index (χ3v) is 4.68. The standard InChI is InChI=1S/C21H28N2O4/c1-2-3-4-5-6-7-8-9-20(26)22-16-10-12-17(13-11-16)23-14-19(25)18(15-24)21(23)27/h10-13,15,24H,2-9,14H2,1H3,(H,22,26)/b18-15+. The predicted molar refractivity (Wildman–Crippen MR) is 106 cm³/mol. The number of amides is 2. The molecule has 1 saturated heterocycles. The van der Waals surface area contributed by atoms with Crippen molar-refractivity contribution in [1.29, 1.82) is 0 Å². The van der Waals surface area contributed by atoms with E-state index in [1.54, 1.807) is 24.3 Å². The highest BCUT2D eigenvalue weighted by molar-refractivity contribution is 6.31. The molecule has 1 aromatic rings. The highest BCUT2D eigenvalue weighted by atomic mass is 16.2. The number of ketones is 1. The Balaban J connectivity index is 1.76. The number of anilines is 2. The SMILES string of the molecule is CCCCCCCCCC(=O)Nc1ccc(N2CC(=O)/C(=C\O)C2=O)cc1. The average molecular weight is 372 g/mol. The van der Waals surface area contributed by atoms with Crippen molar-refractivity contribution in [3.63, 3.8) is 0 Å². The number of unbranched alkanes of at least 4 members (excludes halogenated alkanes) is 6. The lowest BCUT2D eigenvalue weighted by molar-refractivity contribution is -0.117. The Kier molecular flexibility index (Phi) is 8.04. The molecule has 2 amide bonds. The molecule has 0 spiro atoms. The summed E-state index contributed by atoms with van der Waals surface area (Å²) in [5.41, 5.74) is 1.000. The van der Waals surface area contributed by atoms with Gasteiger partial charge in [0, 0.05) is 17.8 Å². The molecule has 0 aliphatic carbocycles. The molecule has 1 aromatic carbocycles. The highest BCUT2D eigenvalue weighted by Crippen LogP contribution is 2.24. The number of hydrogen-bond donors (Lipinski definition) is 2. The second kappa shape index (κ2) is 10.5. The van der Waals surface area contributed by atoms with E-state index in [1.807, 2.05) is 0 Å². The number of nitrogens with zero attached hydrogens (tertiary/aromatic N) is 1. The zero-order valence-corrected chi connectivity index (χ0v) is 15.9. The van der Waals surface area contributed by atoms with Gasteiger partial charge in [-0.25, -0.2) is 0 Å². The third kappa shape index (κ3) is 5.94. The molecule has 146 valence electrons. The molecule has 27 heavy (non-hydrogen) atoms. The Morgan fingerprint density at radius 1 is 1.07 bits per heavy atom. The minimum absolute atomic E-state index is 0.0192. The van der Waals surface area contributed by atoms with Gasteiger partial charge in [0.25, 0.3) is 5.91 Å². The van der Waals surface area contributed by atoms with Crippen LogP contribution in [0.5, 0.6) is 0 Å². The maximum absolute atomic E-state index is 12.0. The van der Waals surface area contributed by atoms with Crippen LogP contribution in [0.4, 0.5) is 11.4 Å². The molecular formula is C21H28N2O4. The van der Waals surface area contributed by atoms with Gasteiger partial charge in [-0.15, -0.1) is 0 Å². The summed E-state index contributed by atoms with van der Waals surface area (Å²) in [7, 11) is 0. The van der Waals surface area contributed by atoms with Gasteiger partial charge in [-0.05, 0) is 30.7 Å². The first kappa shape index (κ1) is 20.7. The first-order valence-corrected chi connectivity index (χ1v) is 9.66. The van der Waals surface area contributed by atoms with Crippen molar-refractivity contribution in [2.75, 3.05) is 16.8 Å². The zero-order valence-electron chi connectivity index (χ0n) is 15.9. The van der Waals surface area contributed by atoms with Crippen LogP contribution in [-0.4, -0.2) is 29.2 Å². The lowest BCUT2D eigenvalue weighted by Gasteiger charge is -2.15. The molecule has 6 heteroatoms. The van der Waals surface area contributed by atoms with Crippen molar-refractivity contribution in [3.05, 3.63) is 36.1 Å². The number of Topliss-reactive ketones (excluding diaryl/α,β-unsaturated/α-hetero) is 1. The number of nitrogens with one attached hydrogen (secondary N) is 1. The summed E-state index contributed by atoms with van der Waals surface area (Å²) in [4.78, 5) is 37.0. The van der Waals surface area contributed by atoms with E-state index in [0.717, 1.165) is 12.8 Å². The van der Waals surface area contributed by atoms with Crippen molar-refractivity contribution in [1.82, 2.24) is 0 Å². The van der Waals surface area contributed by atoms with E-state index in [4.69, 9.17) is 5.11 Å². The molecule has 0 unspecified atom stereocenters. The smallest absolute Gasteiger partial charge is 0.265 e. The largest absolute Gasteiger partial charge is 0.515 e. The molecule has 0 radical (unpaired) electrons. The average Bonchev–Trinajstić information content (AvgIpc) is 2.95. The van der Waals surface area contributed by atoms with Crippen LogP contribution in [0, 0.1) is 0 Å². The van der Waals surface area contributed by atoms with Gasteiger partial charge in [0.05, 0.1) is 12.8 Å². The highest BCUT2D eigenvalue weighted by Gasteiger charge is 2.34. The van der Waals surface area contributed by atoms with Gasteiger partial charge in [-0.3, -0.25) is 14.4 Å². The number of hydrogen-bond acceptors (Lipinski definition) is 4. The van der Waals surface area contributed by atoms with Gasteiger partial charge in [0.2, 0.25) is 5.91 Å². The minimum Gasteiger partial charge on any atom is -0.515 e. The van der Waals surface area contributed by atoms with Crippen molar-refractivity contribution in [2.45, 2.75) is 58.3 Å². The van der Waals surface area contributed by atoms with Crippen LogP contribution in [0.3, 0.4) is 0 Å². The predicted octanol–water partition coefficient (Wildman–Crippen LogP) is 4.12. The number of carbonyl (C=O) groups excluding carboxylic acids is 3. The molecular weight excluding hydrogens is 344 g/mol. The quantitative estimate of drug-likeness (QED) is 0.280. The van der Waals surface area contributed by atoms with Gasteiger partial charge in [-0.2, -0.15) is 0 Å². The lowest BCUT2D eigenvalue weighted by atomic mass is 10.1. The maximum atomic E-state index is 12.0. The van der Waals surface area contributed by atoms with E-state index in [-0.39, 0.29) is 18.0 Å². The summed E-state index contributed by atoms with van der Waals surface area (Å²) >= 11 is 0. The normalized spacial score (nSPS) is 15.6. The first-order valence-electron chi connectivity index (χ1n) is 9.66. The van der Waals surface area contributed by atoms with Crippen LogP contribution in [0.25, 0.3) is 0 Å². The summed E-state index contributed by atoms with van der Waals surface area (Å²) < 4.78 is 0. The molecule has 0 atom stereocenters. The number of aliphatic hydroxyl groups excluding tert-OH is 1. The van der Waals surface area contributed by atoms with E-state index in [1.165, 1.54) is 37.0 Å². The maximum Gasteiger partial charge on any atom is 0.265 e. The van der Waals surface area contributed by atoms with Crippen molar-refractivity contribution < 1.29 is 19.5 Å². The molecule has 2 rings (SSSR count). The van der Waals surface area contributed by atoms with Gasteiger partial charge in [0.15, 0.2) is 5.78 Å². The van der Waals surface area contributed by atoms with Crippen LogP contribution in [0.2, 0.25) is 0 Å². The monoisotopic (exact) mass is 372 g/mol. The molecule has 1 aliphatic rings. The molecule has 2 N–H and O–H groups in total. The van der Waals surface area contributed by atoms with Crippen LogP contribution < -0.4 is 10.2 Å². The second-order valence-electron chi connectivity index (χ2n) is 6.82. The fraction of sp³-hybridized carbons (Fsp3) is 0.476. The fourth-order valence-corrected chi connectivity index (χ4v) is 3.09. The van der Waals surface area contributed by atoms with E-state index in [9.17, 15) is 14.4 Å². The molecule has 0 aromatic heterocycles. The van der Waals surface area contributed by atoms with E-state index >= 15 is 0 Å². The van der Waals surface area contributed by atoms with Gasteiger partial charge < -0.3 is 15.3 Å². The van der Waals surface area contributed by atoms with Gasteiger partial charge >= 0.3 is 0 Å². The number of benzene rings is 1. The molecule has 1 aliphatic heterocycles. The van der Waals surface area contributed by atoms with Crippen LogP contribution in [-0.2, 0) is 14.4 Å². The Morgan fingerprint density at radius 2 is 1.70 bits per heavy atom. The van der Waals surface area contributed by atoms with Gasteiger partial charge in [0.1, 0.15) is 5.57 Å². The van der Waals surface area contributed by atoms with E-state index in [2.05, 4.69) is 12.2 Å². The summed E-state index contributed by atoms with van der Waals surface area (Å²) in [6, 6.07) is 6.76.